The predicted octanol–water partition coefficient (Wildman–Crippen LogP) is 2.56. The standard InChI is InChI=1S/C20H27N7O2/c1-13(2)14-4-6-15(7-5-14)25-20(28)26-16-8-9-27(11-16)19-17(10-24-29-3)18(21)22-12-23-19/h4-7,10,12-13,16H,8-9,11H2,1-3H3,(H2,21,22,23)(H2,25,26,28)/b24-10+. The fourth-order valence-electron chi connectivity index (χ4n) is 3.26. The molecule has 29 heavy (non-hydrogen) atoms. The predicted molar refractivity (Wildman–Crippen MR) is 114 cm³/mol. The van der Waals surface area contributed by atoms with Crippen LogP contribution in [0.4, 0.5) is 22.1 Å². The van der Waals surface area contributed by atoms with Crippen LogP contribution >= 0.6 is 0 Å². The Morgan fingerprint density at radius 2 is 2.10 bits per heavy atom. The minimum absolute atomic E-state index is 0.00617. The highest BCUT2D eigenvalue weighted by atomic mass is 16.6. The number of hydrogen-bond donors (Lipinski definition) is 3. The van der Waals surface area contributed by atoms with Crippen LogP contribution in [0.25, 0.3) is 0 Å². The van der Waals surface area contributed by atoms with E-state index in [1.165, 1.54) is 25.2 Å². The summed E-state index contributed by atoms with van der Waals surface area (Å²) in [6.45, 7) is 5.62. The van der Waals surface area contributed by atoms with Gasteiger partial charge in [-0.05, 0) is 30.0 Å². The van der Waals surface area contributed by atoms with Gasteiger partial charge in [0.1, 0.15) is 25.1 Å². The zero-order valence-corrected chi connectivity index (χ0v) is 16.9. The number of carbonyl (C=O) groups is 1. The van der Waals surface area contributed by atoms with Gasteiger partial charge in [0.25, 0.3) is 0 Å². The van der Waals surface area contributed by atoms with Crippen molar-refractivity contribution in [1.82, 2.24) is 15.3 Å². The number of anilines is 3. The molecule has 0 aliphatic carbocycles. The van der Waals surface area contributed by atoms with Gasteiger partial charge in [0, 0.05) is 24.8 Å². The van der Waals surface area contributed by atoms with E-state index in [1.807, 2.05) is 24.3 Å². The van der Waals surface area contributed by atoms with Crippen LogP contribution in [-0.4, -0.2) is 48.5 Å². The lowest BCUT2D eigenvalue weighted by molar-refractivity contribution is 0.215. The summed E-state index contributed by atoms with van der Waals surface area (Å²) in [6, 6.07) is 7.66. The highest BCUT2D eigenvalue weighted by molar-refractivity contribution is 5.92. The zero-order valence-electron chi connectivity index (χ0n) is 16.9. The number of urea groups is 1. The summed E-state index contributed by atoms with van der Waals surface area (Å²) in [6.07, 6.45) is 3.71. The third-order valence-electron chi connectivity index (χ3n) is 4.84. The number of nitrogens with zero attached hydrogens (tertiary/aromatic N) is 4. The van der Waals surface area contributed by atoms with Gasteiger partial charge in [0.15, 0.2) is 0 Å². The first-order chi connectivity index (χ1) is 14.0. The molecule has 3 rings (SSSR count). The topological polar surface area (TPSA) is 118 Å². The number of nitrogens with one attached hydrogen (secondary N) is 2. The van der Waals surface area contributed by atoms with Crippen LogP contribution < -0.4 is 21.3 Å². The largest absolute Gasteiger partial charge is 0.399 e. The number of aromatic nitrogens is 2. The Labute approximate surface area is 170 Å². The molecule has 1 atom stereocenters. The van der Waals surface area contributed by atoms with E-state index in [0.29, 0.717) is 29.7 Å². The number of carbonyl (C=O) groups excluding carboxylic acids is 1. The van der Waals surface area contributed by atoms with E-state index in [0.717, 1.165) is 18.7 Å². The van der Waals surface area contributed by atoms with Gasteiger partial charge in [-0.1, -0.05) is 31.1 Å². The van der Waals surface area contributed by atoms with Crippen molar-refractivity contribution in [1.29, 1.82) is 0 Å². The van der Waals surface area contributed by atoms with Gasteiger partial charge >= 0.3 is 6.03 Å². The molecule has 1 aliphatic heterocycles. The van der Waals surface area contributed by atoms with Crippen molar-refractivity contribution < 1.29 is 9.63 Å². The lowest BCUT2D eigenvalue weighted by atomic mass is 10.0. The lowest BCUT2D eigenvalue weighted by Gasteiger charge is -2.20. The minimum Gasteiger partial charge on any atom is -0.399 e. The summed E-state index contributed by atoms with van der Waals surface area (Å²) in [7, 11) is 1.46. The monoisotopic (exact) mass is 397 g/mol. The van der Waals surface area contributed by atoms with Crippen molar-refractivity contribution in [2.24, 2.45) is 5.16 Å². The molecule has 1 aromatic heterocycles. The van der Waals surface area contributed by atoms with E-state index >= 15 is 0 Å². The molecule has 1 saturated heterocycles. The first-order valence-electron chi connectivity index (χ1n) is 9.57. The minimum atomic E-state index is -0.225. The van der Waals surface area contributed by atoms with Crippen LogP contribution in [0, 0.1) is 0 Å². The van der Waals surface area contributed by atoms with Gasteiger partial charge in [0.2, 0.25) is 0 Å². The normalized spacial score (nSPS) is 16.4. The van der Waals surface area contributed by atoms with Crippen LogP contribution in [0.3, 0.4) is 0 Å². The van der Waals surface area contributed by atoms with E-state index in [1.54, 1.807) is 0 Å². The molecular weight excluding hydrogens is 370 g/mol. The number of benzene rings is 1. The molecule has 0 saturated carbocycles. The third-order valence-corrected chi connectivity index (χ3v) is 4.84. The fourth-order valence-corrected chi connectivity index (χ4v) is 3.26. The molecule has 154 valence electrons. The van der Waals surface area contributed by atoms with Gasteiger partial charge in [-0.2, -0.15) is 0 Å². The zero-order chi connectivity index (χ0) is 20.8. The smallest absolute Gasteiger partial charge is 0.319 e. The second-order valence-electron chi connectivity index (χ2n) is 7.22. The van der Waals surface area contributed by atoms with Crippen molar-refractivity contribution in [2.45, 2.75) is 32.2 Å². The van der Waals surface area contributed by atoms with Crippen LogP contribution in [0.15, 0.2) is 35.7 Å². The van der Waals surface area contributed by atoms with Crippen LogP contribution in [-0.2, 0) is 4.84 Å². The molecule has 4 N–H and O–H groups in total. The van der Waals surface area contributed by atoms with Gasteiger partial charge in [-0.3, -0.25) is 0 Å². The molecule has 1 unspecified atom stereocenters. The van der Waals surface area contributed by atoms with Crippen molar-refractivity contribution in [3.8, 4) is 0 Å². The summed E-state index contributed by atoms with van der Waals surface area (Å²) in [4.78, 5) is 27.5. The number of hydrogen-bond acceptors (Lipinski definition) is 7. The Balaban J connectivity index is 1.59. The second kappa shape index (κ2) is 9.22. The summed E-state index contributed by atoms with van der Waals surface area (Å²) >= 11 is 0. The first-order valence-corrected chi connectivity index (χ1v) is 9.57. The quantitative estimate of drug-likeness (QED) is 0.509. The molecule has 1 fully saturated rings. The average Bonchev–Trinajstić information content (AvgIpc) is 3.15. The Hall–Kier alpha value is -3.36. The van der Waals surface area contributed by atoms with E-state index in [2.05, 4.69) is 44.5 Å². The van der Waals surface area contributed by atoms with Gasteiger partial charge in [-0.25, -0.2) is 14.8 Å². The third kappa shape index (κ3) is 5.13. The van der Waals surface area contributed by atoms with Gasteiger partial charge in [-0.15, -0.1) is 0 Å². The first kappa shape index (κ1) is 20.4. The summed E-state index contributed by atoms with van der Waals surface area (Å²) < 4.78 is 0. The van der Waals surface area contributed by atoms with E-state index < -0.39 is 0 Å². The summed E-state index contributed by atoms with van der Waals surface area (Å²) in [5, 5.41) is 9.68. The van der Waals surface area contributed by atoms with Crippen molar-refractivity contribution in [2.75, 3.05) is 36.1 Å². The van der Waals surface area contributed by atoms with Gasteiger partial charge < -0.3 is 26.1 Å². The number of nitrogens with two attached hydrogens (primary N) is 1. The molecule has 0 spiro atoms. The molecule has 0 bridgehead atoms. The Morgan fingerprint density at radius 1 is 1.34 bits per heavy atom. The molecule has 9 nitrogen and oxygen atoms in total. The Bertz CT molecular complexity index is 868. The highest BCUT2D eigenvalue weighted by Crippen LogP contribution is 2.24. The molecule has 1 aliphatic rings. The molecule has 2 amide bonds. The molecule has 0 radical (unpaired) electrons. The SMILES string of the molecule is CO/N=C/c1c(N)ncnc1N1CCC(NC(=O)Nc2ccc(C(C)C)cc2)C1. The molecular formula is C20H27N7O2. The lowest BCUT2D eigenvalue weighted by Crippen LogP contribution is -2.40. The van der Waals surface area contributed by atoms with E-state index in [4.69, 9.17) is 10.6 Å². The molecule has 2 aromatic rings. The number of rotatable bonds is 6. The summed E-state index contributed by atoms with van der Waals surface area (Å²) in [5.41, 5.74) is 8.56. The molecule has 2 heterocycles. The maximum Gasteiger partial charge on any atom is 0.319 e. The van der Waals surface area contributed by atoms with E-state index in [-0.39, 0.29) is 12.1 Å². The Morgan fingerprint density at radius 3 is 2.79 bits per heavy atom. The van der Waals surface area contributed by atoms with Crippen molar-refractivity contribution >= 4 is 29.6 Å². The maximum absolute atomic E-state index is 12.4. The maximum atomic E-state index is 12.4. The molecule has 1 aromatic carbocycles. The summed E-state index contributed by atoms with van der Waals surface area (Å²) in [5.74, 6) is 1.46. The average molecular weight is 397 g/mol. The van der Waals surface area contributed by atoms with Crippen LogP contribution in [0.1, 0.15) is 37.3 Å². The number of nitrogen functional groups attached to an aromatic ring is 1. The highest BCUT2D eigenvalue weighted by Gasteiger charge is 2.27. The Kier molecular flexibility index (Phi) is 6.48. The van der Waals surface area contributed by atoms with Crippen molar-refractivity contribution in [3.05, 3.63) is 41.7 Å². The van der Waals surface area contributed by atoms with Crippen LogP contribution in [0.2, 0.25) is 0 Å². The van der Waals surface area contributed by atoms with Gasteiger partial charge in [0.05, 0.1) is 11.8 Å². The molecule has 9 heteroatoms. The fraction of sp³-hybridized carbons (Fsp3) is 0.400. The number of oxime groups is 1. The van der Waals surface area contributed by atoms with Crippen molar-refractivity contribution in [3.63, 3.8) is 0 Å². The van der Waals surface area contributed by atoms with E-state index in [9.17, 15) is 4.79 Å². The van der Waals surface area contributed by atoms with Crippen LogP contribution in [0.5, 0.6) is 0 Å². The number of amides is 2. The second-order valence-corrected chi connectivity index (χ2v) is 7.22.